The van der Waals surface area contributed by atoms with E-state index < -0.39 is 11.7 Å². The second kappa shape index (κ2) is 11.1. The molecule has 1 aliphatic rings. The highest BCUT2D eigenvalue weighted by Crippen LogP contribution is 2.41. The quantitative estimate of drug-likeness (QED) is 0.289. The molecule has 0 spiro atoms. The number of aliphatic hydroxyl groups excluding tert-OH is 1. The molecule has 1 aromatic heterocycles. The van der Waals surface area contributed by atoms with E-state index in [9.17, 15) is 15.2 Å². The molecule has 2 heterocycles. The summed E-state index contributed by atoms with van der Waals surface area (Å²) in [4.78, 5) is 18.0. The average Bonchev–Trinajstić information content (AvgIpc) is 2.94. The van der Waals surface area contributed by atoms with Gasteiger partial charge in [0.2, 0.25) is 0 Å². The van der Waals surface area contributed by atoms with Crippen molar-refractivity contribution in [2.75, 3.05) is 0 Å². The summed E-state index contributed by atoms with van der Waals surface area (Å²) in [6.45, 7) is 8.65. The number of nitrogens with zero attached hydrogens (tertiary/aromatic N) is 3. The maximum absolute atomic E-state index is 13.5. The minimum Gasteiger partial charge on any atom is -0.487 e. The van der Waals surface area contributed by atoms with Crippen molar-refractivity contribution in [1.82, 2.24) is 9.55 Å². The van der Waals surface area contributed by atoms with Crippen LogP contribution >= 0.6 is 0 Å². The number of fused-ring (bicyclic) bond motifs is 1. The summed E-state index contributed by atoms with van der Waals surface area (Å²) in [6, 6.07) is 23.7. The average molecular weight is 534 g/mol. The number of hydrogen-bond acceptors (Lipinski definition) is 5. The van der Waals surface area contributed by atoms with Gasteiger partial charge in [0.05, 0.1) is 23.3 Å². The molecular formula is C34H35N3O3. The van der Waals surface area contributed by atoms with E-state index in [1.54, 1.807) is 0 Å². The van der Waals surface area contributed by atoms with Gasteiger partial charge in [-0.05, 0) is 67.1 Å². The van der Waals surface area contributed by atoms with E-state index in [1.165, 1.54) is 0 Å². The second-order valence-corrected chi connectivity index (χ2v) is 11.0. The Kier molecular flexibility index (Phi) is 7.60. The van der Waals surface area contributed by atoms with Crippen LogP contribution in [0.2, 0.25) is 0 Å². The zero-order valence-corrected chi connectivity index (χ0v) is 23.6. The summed E-state index contributed by atoms with van der Waals surface area (Å²) >= 11 is 0. The van der Waals surface area contributed by atoms with Crippen LogP contribution in [-0.4, -0.2) is 20.3 Å². The fraction of sp³-hybridized carbons (Fsp3) is 0.324. The number of aromatic nitrogens is 2. The van der Waals surface area contributed by atoms with Crippen molar-refractivity contribution in [1.29, 1.82) is 5.26 Å². The van der Waals surface area contributed by atoms with E-state index in [-0.39, 0.29) is 5.56 Å². The van der Waals surface area contributed by atoms with E-state index in [0.29, 0.717) is 48.2 Å². The first-order valence-electron chi connectivity index (χ1n) is 14.0. The fourth-order valence-corrected chi connectivity index (χ4v) is 5.68. The van der Waals surface area contributed by atoms with Crippen LogP contribution in [0, 0.1) is 11.3 Å². The molecule has 5 rings (SSSR count). The van der Waals surface area contributed by atoms with Gasteiger partial charge in [0, 0.05) is 30.6 Å². The lowest BCUT2D eigenvalue weighted by Gasteiger charge is -2.35. The molecule has 6 heteroatoms. The Morgan fingerprint density at radius 1 is 1.07 bits per heavy atom. The third kappa shape index (κ3) is 5.30. The molecule has 0 amide bonds. The van der Waals surface area contributed by atoms with E-state index in [2.05, 4.69) is 41.6 Å². The first-order valence-corrected chi connectivity index (χ1v) is 14.0. The number of nitriles is 1. The molecule has 0 saturated heterocycles. The molecule has 0 radical (unpaired) electrons. The van der Waals surface area contributed by atoms with Crippen LogP contribution in [0.5, 0.6) is 5.75 Å². The molecule has 1 N–H and O–H groups in total. The number of rotatable bonds is 7. The summed E-state index contributed by atoms with van der Waals surface area (Å²) < 4.78 is 8.28. The summed E-state index contributed by atoms with van der Waals surface area (Å²) in [7, 11) is 0. The molecule has 0 fully saturated rings. The molecule has 0 saturated carbocycles. The number of benzene rings is 3. The van der Waals surface area contributed by atoms with Crippen molar-refractivity contribution in [2.24, 2.45) is 0 Å². The van der Waals surface area contributed by atoms with Crippen LogP contribution in [0.25, 0.3) is 22.3 Å². The summed E-state index contributed by atoms with van der Waals surface area (Å²) in [6.07, 6.45) is 2.04. The highest BCUT2D eigenvalue weighted by Gasteiger charge is 2.33. The molecule has 1 aliphatic heterocycles. The lowest BCUT2D eigenvalue weighted by molar-refractivity contribution is 0.0116. The zero-order chi connectivity index (χ0) is 28.4. The third-order valence-corrected chi connectivity index (χ3v) is 7.56. The third-order valence-electron chi connectivity index (χ3n) is 7.56. The number of aliphatic hydroxyl groups is 1. The van der Waals surface area contributed by atoms with Gasteiger partial charge < -0.3 is 14.4 Å². The Balaban J connectivity index is 1.57. The molecule has 0 bridgehead atoms. The normalized spacial score (nSPS) is 15.7. The molecule has 1 atom stereocenters. The number of ether oxygens (including phenoxy) is 1. The first-order chi connectivity index (χ1) is 19.2. The summed E-state index contributed by atoms with van der Waals surface area (Å²) in [5.74, 6) is 1.43. The molecular weight excluding hydrogens is 498 g/mol. The van der Waals surface area contributed by atoms with Gasteiger partial charge in [0.15, 0.2) is 0 Å². The maximum atomic E-state index is 13.5. The smallest absolute Gasteiger partial charge is 0.281 e. The van der Waals surface area contributed by atoms with Crippen molar-refractivity contribution < 1.29 is 9.84 Å². The van der Waals surface area contributed by atoms with E-state index in [0.717, 1.165) is 40.2 Å². The van der Waals surface area contributed by atoms with Crippen LogP contribution in [0.15, 0.2) is 71.5 Å². The van der Waals surface area contributed by atoms with Gasteiger partial charge >= 0.3 is 0 Å². The molecule has 1 unspecified atom stereocenters. The molecule has 6 nitrogen and oxygen atoms in total. The largest absolute Gasteiger partial charge is 0.487 e. The minimum atomic E-state index is -0.664. The van der Waals surface area contributed by atoms with Crippen LogP contribution in [0.3, 0.4) is 0 Å². The predicted molar refractivity (Wildman–Crippen MR) is 157 cm³/mol. The Labute approximate surface area is 235 Å². The van der Waals surface area contributed by atoms with Gasteiger partial charge in [-0.2, -0.15) is 10.2 Å². The summed E-state index contributed by atoms with van der Waals surface area (Å²) in [5.41, 5.74) is 5.87. The number of hydrogen-bond donors (Lipinski definition) is 1. The monoisotopic (exact) mass is 533 g/mol. The predicted octanol–water partition coefficient (Wildman–Crippen LogP) is 6.61. The van der Waals surface area contributed by atoms with Crippen molar-refractivity contribution >= 4 is 0 Å². The van der Waals surface area contributed by atoms with Crippen molar-refractivity contribution in [3.63, 3.8) is 0 Å². The van der Waals surface area contributed by atoms with Crippen LogP contribution in [0.4, 0.5) is 0 Å². The fourth-order valence-electron chi connectivity index (χ4n) is 5.68. The van der Waals surface area contributed by atoms with Crippen molar-refractivity contribution in [2.45, 2.75) is 71.6 Å². The van der Waals surface area contributed by atoms with E-state index >= 15 is 0 Å². The van der Waals surface area contributed by atoms with Gasteiger partial charge in [-0.15, -0.1) is 0 Å². The van der Waals surface area contributed by atoms with E-state index in [1.807, 2.05) is 68.4 Å². The molecule has 204 valence electrons. The Bertz CT molecular complexity index is 1650. The van der Waals surface area contributed by atoms with E-state index in [4.69, 9.17) is 4.74 Å². The highest BCUT2D eigenvalue weighted by atomic mass is 16.5. The van der Waals surface area contributed by atoms with Crippen molar-refractivity contribution in [3.05, 3.63) is 105 Å². The Hall–Kier alpha value is -4.21. The van der Waals surface area contributed by atoms with Crippen molar-refractivity contribution in [3.8, 4) is 34.1 Å². The second-order valence-electron chi connectivity index (χ2n) is 11.0. The van der Waals surface area contributed by atoms with Crippen LogP contribution in [0.1, 0.15) is 74.8 Å². The molecule has 3 aromatic carbocycles. The molecule has 4 aromatic rings. The van der Waals surface area contributed by atoms with Crippen LogP contribution in [-0.2, 0) is 19.4 Å². The first kappa shape index (κ1) is 27.4. The number of aryl methyl sites for hydroxylation is 1. The topological polar surface area (TPSA) is 88.1 Å². The standard InChI is InChI=1S/C34H35N3O3/c1-5-9-31-36-33(39)32(24-16-17-30-27(18-24)29(38)19-34(3,4)40-30)28(6-2)37(31)21-22-12-14-23(15-13-22)26-11-8-7-10-25(26)20-35/h7-8,10-18,29,38H,5-6,9,19,21H2,1-4H3. The van der Waals surface area contributed by atoms with Gasteiger partial charge in [-0.1, -0.05) is 62.4 Å². The molecule has 0 aliphatic carbocycles. The SMILES string of the molecule is CCCc1nc(=O)c(-c2ccc3c(c2)C(O)CC(C)(C)O3)c(CC)n1Cc1ccc(-c2ccccc2C#N)cc1. The Morgan fingerprint density at radius 2 is 1.80 bits per heavy atom. The van der Waals surface area contributed by atoms with Gasteiger partial charge in [0.25, 0.3) is 5.56 Å². The minimum absolute atomic E-state index is 0.244. The lowest BCUT2D eigenvalue weighted by atomic mass is 9.89. The van der Waals surface area contributed by atoms with Gasteiger partial charge in [0.1, 0.15) is 17.2 Å². The Morgan fingerprint density at radius 3 is 2.50 bits per heavy atom. The van der Waals surface area contributed by atoms with Gasteiger partial charge in [-0.3, -0.25) is 4.79 Å². The van der Waals surface area contributed by atoms with Crippen LogP contribution < -0.4 is 10.3 Å². The lowest BCUT2D eigenvalue weighted by Crippen LogP contribution is -2.34. The molecule has 40 heavy (non-hydrogen) atoms. The summed E-state index contributed by atoms with van der Waals surface area (Å²) in [5, 5.41) is 20.4. The maximum Gasteiger partial charge on any atom is 0.281 e. The zero-order valence-electron chi connectivity index (χ0n) is 23.6. The van der Waals surface area contributed by atoms with Gasteiger partial charge in [-0.25, -0.2) is 0 Å². The highest BCUT2D eigenvalue weighted by molar-refractivity contribution is 5.71.